The molecule has 100 valence electrons. The topological polar surface area (TPSA) is 49.4 Å². The number of sulfonamides is 1. The summed E-state index contributed by atoms with van der Waals surface area (Å²) in [7, 11) is -3.14. The first-order valence-electron chi connectivity index (χ1n) is 6.39. The van der Waals surface area contributed by atoms with Crippen LogP contribution in [0.1, 0.15) is 26.2 Å². The highest BCUT2D eigenvalue weighted by atomic mass is 32.2. The van der Waals surface area contributed by atoms with Crippen molar-refractivity contribution in [3.63, 3.8) is 0 Å². The molecule has 5 heteroatoms. The summed E-state index contributed by atoms with van der Waals surface area (Å²) >= 11 is 0. The lowest BCUT2D eigenvalue weighted by Gasteiger charge is -2.29. The second-order valence-corrected chi connectivity index (χ2v) is 6.63. The van der Waals surface area contributed by atoms with Gasteiger partial charge in [-0.05, 0) is 38.3 Å². The number of hydrogen-bond donors (Lipinski definition) is 1. The highest BCUT2D eigenvalue weighted by molar-refractivity contribution is 7.89. The van der Waals surface area contributed by atoms with Gasteiger partial charge in [-0.1, -0.05) is 13.0 Å². The molecule has 1 rings (SSSR count). The Labute approximate surface area is 105 Å². The molecule has 17 heavy (non-hydrogen) atoms. The molecule has 0 bridgehead atoms. The van der Waals surface area contributed by atoms with Crippen LogP contribution in [0.3, 0.4) is 0 Å². The molecule has 0 aromatic carbocycles. The Morgan fingerprint density at radius 1 is 1.41 bits per heavy atom. The molecule has 0 aromatic rings. The van der Waals surface area contributed by atoms with E-state index in [0.29, 0.717) is 19.0 Å². The standard InChI is InChI=1S/C12H24N2O2S/c1-3-9-14(17(15,16)10-4-2)11-12-5-7-13-8-6-12/h4,12-13H,2-3,5-11H2,1H3. The predicted octanol–water partition coefficient (Wildman–Crippen LogP) is 1.21. The van der Waals surface area contributed by atoms with Crippen LogP contribution in [-0.4, -0.2) is 44.7 Å². The van der Waals surface area contributed by atoms with Gasteiger partial charge in [0.1, 0.15) is 0 Å². The third-order valence-corrected chi connectivity index (χ3v) is 4.89. The summed E-state index contributed by atoms with van der Waals surface area (Å²) in [5, 5.41) is 3.30. The van der Waals surface area contributed by atoms with Crippen LogP contribution >= 0.6 is 0 Å². The second-order valence-electron chi connectivity index (χ2n) is 4.62. The number of nitrogens with one attached hydrogen (secondary N) is 1. The Morgan fingerprint density at radius 3 is 2.59 bits per heavy atom. The maximum Gasteiger partial charge on any atom is 0.217 e. The fourth-order valence-corrected chi connectivity index (χ4v) is 3.61. The van der Waals surface area contributed by atoms with Crippen molar-refractivity contribution in [2.24, 2.45) is 5.92 Å². The van der Waals surface area contributed by atoms with Crippen LogP contribution in [0, 0.1) is 5.92 Å². The summed E-state index contributed by atoms with van der Waals surface area (Å²) in [6.45, 7) is 8.84. The summed E-state index contributed by atoms with van der Waals surface area (Å²) in [5.74, 6) is 0.556. The monoisotopic (exact) mass is 260 g/mol. The molecule has 0 aromatic heterocycles. The summed E-state index contributed by atoms with van der Waals surface area (Å²) in [6.07, 6.45) is 4.48. The molecule has 0 saturated carbocycles. The zero-order valence-corrected chi connectivity index (χ0v) is 11.5. The van der Waals surface area contributed by atoms with Crippen LogP contribution in [-0.2, 0) is 10.0 Å². The summed E-state index contributed by atoms with van der Waals surface area (Å²) in [5.41, 5.74) is 0. The normalized spacial score (nSPS) is 18.5. The van der Waals surface area contributed by atoms with E-state index in [2.05, 4.69) is 11.9 Å². The lowest BCUT2D eigenvalue weighted by Crippen LogP contribution is -2.40. The largest absolute Gasteiger partial charge is 0.317 e. The van der Waals surface area contributed by atoms with Crippen LogP contribution in [0.5, 0.6) is 0 Å². The highest BCUT2D eigenvalue weighted by Gasteiger charge is 2.24. The minimum absolute atomic E-state index is 0.0535. The van der Waals surface area contributed by atoms with E-state index in [1.165, 1.54) is 6.08 Å². The minimum Gasteiger partial charge on any atom is -0.317 e. The van der Waals surface area contributed by atoms with Crippen molar-refractivity contribution in [2.75, 3.05) is 31.9 Å². The number of rotatable bonds is 7. The van der Waals surface area contributed by atoms with Crippen LogP contribution < -0.4 is 5.32 Å². The molecular formula is C12H24N2O2S. The van der Waals surface area contributed by atoms with Gasteiger partial charge in [0.2, 0.25) is 10.0 Å². The van der Waals surface area contributed by atoms with E-state index >= 15 is 0 Å². The lowest BCUT2D eigenvalue weighted by molar-refractivity contribution is 0.288. The molecule has 4 nitrogen and oxygen atoms in total. The summed E-state index contributed by atoms with van der Waals surface area (Å²) in [4.78, 5) is 0. The van der Waals surface area contributed by atoms with E-state index in [4.69, 9.17) is 0 Å². The maximum atomic E-state index is 12.0. The van der Waals surface area contributed by atoms with Crippen molar-refractivity contribution in [2.45, 2.75) is 26.2 Å². The molecule has 1 aliphatic heterocycles. The molecule has 1 fully saturated rings. The number of hydrogen-bond acceptors (Lipinski definition) is 3. The van der Waals surface area contributed by atoms with Gasteiger partial charge in [-0.2, -0.15) is 0 Å². The third kappa shape index (κ3) is 4.77. The van der Waals surface area contributed by atoms with E-state index in [1.54, 1.807) is 4.31 Å². The van der Waals surface area contributed by atoms with E-state index in [-0.39, 0.29) is 5.75 Å². The molecule has 0 atom stereocenters. The highest BCUT2D eigenvalue weighted by Crippen LogP contribution is 2.16. The van der Waals surface area contributed by atoms with Crippen molar-refractivity contribution in [3.8, 4) is 0 Å². The molecule has 0 spiro atoms. The first kappa shape index (κ1) is 14.7. The van der Waals surface area contributed by atoms with E-state index < -0.39 is 10.0 Å². The zero-order valence-electron chi connectivity index (χ0n) is 10.7. The van der Waals surface area contributed by atoms with Crippen LogP contribution in [0.4, 0.5) is 0 Å². The second kappa shape index (κ2) is 7.13. The molecule has 0 amide bonds. The van der Waals surface area contributed by atoms with Crippen molar-refractivity contribution in [3.05, 3.63) is 12.7 Å². The third-order valence-electron chi connectivity index (χ3n) is 3.12. The van der Waals surface area contributed by atoms with Gasteiger partial charge < -0.3 is 5.32 Å². The fourth-order valence-electron chi connectivity index (χ4n) is 2.20. The first-order valence-corrected chi connectivity index (χ1v) is 8.00. The summed E-state index contributed by atoms with van der Waals surface area (Å²) in [6, 6.07) is 0. The number of nitrogens with zero attached hydrogens (tertiary/aromatic N) is 1. The fraction of sp³-hybridized carbons (Fsp3) is 0.833. The van der Waals surface area contributed by atoms with Gasteiger partial charge in [-0.15, -0.1) is 6.58 Å². The van der Waals surface area contributed by atoms with Crippen LogP contribution in [0.2, 0.25) is 0 Å². The van der Waals surface area contributed by atoms with Crippen LogP contribution in [0.15, 0.2) is 12.7 Å². The van der Waals surface area contributed by atoms with Gasteiger partial charge in [0.15, 0.2) is 0 Å². The Bertz CT molecular complexity index is 321. The summed E-state index contributed by atoms with van der Waals surface area (Å²) < 4.78 is 25.7. The molecule has 0 radical (unpaired) electrons. The van der Waals surface area contributed by atoms with Crippen molar-refractivity contribution in [1.82, 2.24) is 9.62 Å². The Balaban J connectivity index is 2.61. The minimum atomic E-state index is -3.14. The van der Waals surface area contributed by atoms with Gasteiger partial charge in [-0.3, -0.25) is 0 Å². The Hall–Kier alpha value is -0.390. The Morgan fingerprint density at radius 2 is 2.06 bits per heavy atom. The quantitative estimate of drug-likeness (QED) is 0.700. The van der Waals surface area contributed by atoms with Gasteiger partial charge in [-0.25, -0.2) is 12.7 Å². The van der Waals surface area contributed by atoms with Gasteiger partial charge in [0.05, 0.1) is 5.75 Å². The predicted molar refractivity (Wildman–Crippen MR) is 71.4 cm³/mol. The van der Waals surface area contributed by atoms with Gasteiger partial charge in [0, 0.05) is 13.1 Å². The van der Waals surface area contributed by atoms with Crippen molar-refractivity contribution >= 4 is 10.0 Å². The van der Waals surface area contributed by atoms with Crippen molar-refractivity contribution < 1.29 is 8.42 Å². The lowest BCUT2D eigenvalue weighted by atomic mass is 9.98. The molecule has 1 saturated heterocycles. The SMILES string of the molecule is C=CCS(=O)(=O)N(CCC)CC1CCNCC1. The van der Waals surface area contributed by atoms with E-state index in [1.807, 2.05) is 6.92 Å². The van der Waals surface area contributed by atoms with Gasteiger partial charge in [0.25, 0.3) is 0 Å². The molecule has 1 heterocycles. The molecular weight excluding hydrogens is 236 g/mol. The molecule has 1 N–H and O–H groups in total. The maximum absolute atomic E-state index is 12.0. The van der Waals surface area contributed by atoms with E-state index in [9.17, 15) is 8.42 Å². The molecule has 0 aliphatic carbocycles. The van der Waals surface area contributed by atoms with Gasteiger partial charge >= 0.3 is 0 Å². The molecule has 0 unspecified atom stereocenters. The smallest absolute Gasteiger partial charge is 0.217 e. The van der Waals surface area contributed by atoms with E-state index in [0.717, 1.165) is 32.4 Å². The first-order chi connectivity index (χ1) is 8.10. The van der Waals surface area contributed by atoms with Crippen LogP contribution in [0.25, 0.3) is 0 Å². The molecule has 1 aliphatic rings. The van der Waals surface area contributed by atoms with Crippen molar-refractivity contribution in [1.29, 1.82) is 0 Å². The Kier molecular flexibility index (Phi) is 6.16. The number of piperidine rings is 1. The average Bonchev–Trinajstić information content (AvgIpc) is 2.30. The average molecular weight is 260 g/mol. The zero-order chi connectivity index (χ0) is 12.7.